The molecule has 0 bridgehead atoms. The normalized spacial score (nSPS) is 20.4. The summed E-state index contributed by atoms with van der Waals surface area (Å²) in [5.74, 6) is 0. The van der Waals surface area contributed by atoms with Crippen molar-refractivity contribution in [3.05, 3.63) is 102 Å². The predicted molar refractivity (Wildman–Crippen MR) is 166 cm³/mol. The van der Waals surface area contributed by atoms with Crippen molar-refractivity contribution in [1.82, 2.24) is 0 Å². The second-order valence-electron chi connectivity index (χ2n) is 11.1. The van der Waals surface area contributed by atoms with E-state index in [1.54, 1.807) is 5.20 Å². The summed E-state index contributed by atoms with van der Waals surface area (Å²) in [6.07, 6.45) is 4.84. The first-order valence-electron chi connectivity index (χ1n) is 12.7. The third-order valence-corrected chi connectivity index (χ3v) is 14.3. The van der Waals surface area contributed by atoms with Crippen LogP contribution in [0.1, 0.15) is 49.9 Å². The minimum Gasteiger partial charge on any atom is -0.334 e. The van der Waals surface area contributed by atoms with Crippen molar-refractivity contribution < 1.29 is 0 Å². The van der Waals surface area contributed by atoms with Gasteiger partial charge in [0.1, 0.15) is 0 Å². The molecule has 1 heterocycles. The lowest BCUT2D eigenvalue weighted by molar-refractivity contribution is 0.899. The van der Waals surface area contributed by atoms with Crippen molar-refractivity contribution >= 4 is 74.2 Å². The quantitative estimate of drug-likeness (QED) is 0.267. The molecule has 0 spiro atoms. The molecular formula is C32H31Br2NSi. The summed E-state index contributed by atoms with van der Waals surface area (Å²) in [6.45, 7) is 14.4. The van der Waals surface area contributed by atoms with Crippen LogP contribution in [0, 0.1) is 0 Å². The van der Waals surface area contributed by atoms with Crippen LogP contribution >= 0.6 is 31.9 Å². The van der Waals surface area contributed by atoms with E-state index in [4.69, 9.17) is 0 Å². The summed E-state index contributed by atoms with van der Waals surface area (Å²) in [6, 6.07) is 20.4. The van der Waals surface area contributed by atoms with Crippen molar-refractivity contribution in [3.63, 3.8) is 0 Å². The Morgan fingerprint density at radius 1 is 0.861 bits per heavy atom. The summed E-state index contributed by atoms with van der Waals surface area (Å²) < 4.78 is 2.45. The van der Waals surface area contributed by atoms with Crippen LogP contribution in [0.2, 0.25) is 13.1 Å². The number of halogens is 2. The molecule has 0 amide bonds. The van der Waals surface area contributed by atoms with Crippen LogP contribution in [0.3, 0.4) is 0 Å². The largest absolute Gasteiger partial charge is 0.334 e. The van der Waals surface area contributed by atoms with Crippen molar-refractivity contribution in [3.8, 4) is 0 Å². The Balaban J connectivity index is 1.62. The molecule has 2 atom stereocenters. The zero-order chi connectivity index (χ0) is 25.5. The molecule has 0 saturated heterocycles. The Hall–Kier alpha value is -2.14. The lowest BCUT2D eigenvalue weighted by Crippen LogP contribution is -2.40. The summed E-state index contributed by atoms with van der Waals surface area (Å²) >= 11 is 7.91. The molecule has 0 aromatic heterocycles. The monoisotopic (exact) mass is 615 g/mol. The van der Waals surface area contributed by atoms with E-state index in [0.29, 0.717) is 11.6 Å². The Morgan fingerprint density at radius 2 is 1.58 bits per heavy atom. The minimum absolute atomic E-state index is 0.323. The smallest absolute Gasteiger partial charge is 0.0934 e. The second-order valence-corrected chi connectivity index (χ2v) is 17.3. The molecule has 3 aromatic carbocycles. The maximum atomic E-state index is 4.10. The molecule has 1 nitrogen and oxygen atoms in total. The molecule has 2 unspecified atom stereocenters. The van der Waals surface area contributed by atoms with E-state index >= 15 is 0 Å². The van der Waals surface area contributed by atoms with Gasteiger partial charge < -0.3 is 4.90 Å². The Kier molecular flexibility index (Phi) is 5.68. The molecule has 36 heavy (non-hydrogen) atoms. The summed E-state index contributed by atoms with van der Waals surface area (Å²) in [5.41, 5.74) is 11.6. The van der Waals surface area contributed by atoms with Crippen LogP contribution in [0.5, 0.6) is 0 Å². The fourth-order valence-electron chi connectivity index (χ4n) is 7.10. The first-order valence-corrected chi connectivity index (χ1v) is 17.4. The van der Waals surface area contributed by atoms with Gasteiger partial charge in [-0.2, -0.15) is 0 Å². The minimum atomic E-state index is -1.97. The van der Waals surface area contributed by atoms with Gasteiger partial charge in [-0.25, -0.2) is 0 Å². The number of anilines is 2. The van der Waals surface area contributed by atoms with Crippen LogP contribution < -0.4 is 15.3 Å². The highest BCUT2D eigenvalue weighted by atomic mass is 79.9. The molecule has 3 aliphatic rings. The van der Waals surface area contributed by atoms with Crippen molar-refractivity contribution in [1.29, 1.82) is 0 Å². The Bertz CT molecular complexity index is 1630. The van der Waals surface area contributed by atoms with Gasteiger partial charge in [0.2, 0.25) is 0 Å². The van der Waals surface area contributed by atoms with E-state index in [0.717, 1.165) is 0 Å². The van der Waals surface area contributed by atoms with E-state index in [1.165, 1.54) is 64.2 Å². The number of hydrogen-bond donors (Lipinski definition) is 0. The standard InChI is InChI=1S/C32H31Br2NSi/c1-18-15-24-23(13-10-14-27(24)33)31(18)36(5,6)32-19(2)16-25-26(32)17-28-29(30(25)34)20(3)21(4)35(28)22-11-8-7-9-12-22/h7-17,21,31H,1-6H3. The van der Waals surface area contributed by atoms with Crippen LogP contribution in [-0.2, 0) is 0 Å². The maximum Gasteiger partial charge on any atom is 0.0934 e. The highest BCUT2D eigenvalue weighted by Crippen LogP contribution is 2.49. The van der Waals surface area contributed by atoms with Gasteiger partial charge in [-0.15, -0.1) is 0 Å². The summed E-state index contributed by atoms with van der Waals surface area (Å²) in [5, 5.41) is 4.38. The number of hydrogen-bond acceptors (Lipinski definition) is 1. The highest BCUT2D eigenvalue weighted by Gasteiger charge is 2.43. The van der Waals surface area contributed by atoms with Gasteiger partial charge in [-0.1, -0.05) is 82.7 Å². The average Bonchev–Trinajstić information content (AvgIpc) is 3.45. The van der Waals surface area contributed by atoms with Crippen molar-refractivity contribution in [2.75, 3.05) is 4.90 Å². The molecule has 0 radical (unpaired) electrons. The van der Waals surface area contributed by atoms with Gasteiger partial charge in [0.15, 0.2) is 0 Å². The van der Waals surface area contributed by atoms with Crippen molar-refractivity contribution in [2.24, 2.45) is 0 Å². The van der Waals surface area contributed by atoms with Gasteiger partial charge in [0.05, 0.1) is 19.8 Å². The lowest BCUT2D eigenvalue weighted by Gasteiger charge is -2.34. The van der Waals surface area contributed by atoms with Crippen LogP contribution in [0.4, 0.5) is 11.4 Å². The van der Waals surface area contributed by atoms with E-state index in [-0.39, 0.29) is 0 Å². The van der Waals surface area contributed by atoms with Crippen LogP contribution in [0.25, 0.3) is 22.9 Å². The van der Waals surface area contributed by atoms with Gasteiger partial charge in [-0.05, 0) is 101 Å². The van der Waals surface area contributed by atoms with E-state index in [2.05, 4.69) is 144 Å². The number of fused-ring (bicyclic) bond motifs is 3. The van der Waals surface area contributed by atoms with Gasteiger partial charge in [0, 0.05) is 25.4 Å². The number of allylic oxidation sites excluding steroid dienone is 2. The molecule has 1 aliphatic heterocycles. The van der Waals surface area contributed by atoms with E-state index in [1.807, 2.05) is 0 Å². The number of benzene rings is 3. The summed E-state index contributed by atoms with van der Waals surface area (Å²) in [4.78, 5) is 2.52. The van der Waals surface area contributed by atoms with Gasteiger partial charge in [-0.3, -0.25) is 0 Å². The number of rotatable bonds is 3. The topological polar surface area (TPSA) is 3.24 Å². The Labute approximate surface area is 232 Å². The molecule has 0 fully saturated rings. The Morgan fingerprint density at radius 3 is 2.31 bits per heavy atom. The zero-order valence-electron chi connectivity index (χ0n) is 21.7. The molecule has 2 aliphatic carbocycles. The fourth-order valence-corrected chi connectivity index (χ4v) is 13.0. The third kappa shape index (κ3) is 3.30. The van der Waals surface area contributed by atoms with Gasteiger partial charge >= 0.3 is 0 Å². The third-order valence-electron chi connectivity index (χ3n) is 8.60. The molecule has 6 rings (SSSR count). The second kappa shape index (κ2) is 8.44. The highest BCUT2D eigenvalue weighted by molar-refractivity contribution is 9.10. The molecular weight excluding hydrogens is 586 g/mol. The average molecular weight is 618 g/mol. The van der Waals surface area contributed by atoms with Crippen molar-refractivity contribution in [2.45, 2.75) is 52.4 Å². The predicted octanol–water partition coefficient (Wildman–Crippen LogP) is 8.48. The first kappa shape index (κ1) is 24.2. The molecule has 182 valence electrons. The SMILES string of the molecule is CC1=Cc2c(Br)c3c(cc2=C1[Si](C)(C)C1C(C)=Cc2c(Br)cccc21)N(c1ccccc1)C(C)C=3C. The first-order chi connectivity index (χ1) is 17.1. The van der Waals surface area contributed by atoms with E-state index < -0.39 is 8.07 Å². The van der Waals surface area contributed by atoms with E-state index in [9.17, 15) is 0 Å². The van der Waals surface area contributed by atoms with Crippen LogP contribution in [0.15, 0.2) is 74.7 Å². The molecule has 4 heteroatoms. The molecule has 0 N–H and O–H groups in total. The number of para-hydroxylation sites is 1. The van der Waals surface area contributed by atoms with Crippen LogP contribution in [-0.4, -0.2) is 14.1 Å². The zero-order valence-corrected chi connectivity index (χ0v) is 25.9. The molecule has 0 saturated carbocycles. The van der Waals surface area contributed by atoms with Gasteiger partial charge in [0.25, 0.3) is 0 Å². The molecule has 3 aromatic rings. The number of nitrogens with zero attached hydrogens (tertiary/aromatic N) is 1. The summed E-state index contributed by atoms with van der Waals surface area (Å²) in [7, 11) is -1.97. The maximum absolute atomic E-state index is 4.10. The fraction of sp³-hybridized carbons (Fsp3) is 0.250. The lowest BCUT2D eigenvalue weighted by atomic mass is 10.1.